The maximum absolute atomic E-state index is 12.0. The highest BCUT2D eigenvalue weighted by Gasteiger charge is 2.29. The Kier molecular flexibility index (Phi) is 9.62. The quantitative estimate of drug-likeness (QED) is 0.217. The number of hydrogen-bond donors (Lipinski definition) is 4. The van der Waals surface area contributed by atoms with Crippen LogP contribution in [0.5, 0.6) is 0 Å². The van der Waals surface area contributed by atoms with E-state index in [9.17, 15) is 39.6 Å². The molecule has 1 aliphatic heterocycles. The van der Waals surface area contributed by atoms with Gasteiger partial charge < -0.3 is 30.2 Å². The average molecular weight is 635 g/mol. The van der Waals surface area contributed by atoms with Gasteiger partial charge in [0.25, 0.3) is 0 Å². The van der Waals surface area contributed by atoms with Crippen molar-refractivity contribution in [2.45, 2.75) is 12.8 Å². The lowest BCUT2D eigenvalue weighted by atomic mass is 10.1. The van der Waals surface area contributed by atoms with E-state index in [1.807, 2.05) is 12.2 Å². The zero-order valence-electron chi connectivity index (χ0n) is 23.8. The molecule has 0 saturated carbocycles. The lowest BCUT2D eigenvalue weighted by molar-refractivity contribution is 0.0676. The number of carboxylic acid groups (broad SMARTS) is 4. The Morgan fingerprint density at radius 3 is 1.11 bits per heavy atom. The van der Waals surface area contributed by atoms with E-state index < -0.39 is 39.7 Å². The van der Waals surface area contributed by atoms with Crippen LogP contribution in [0.2, 0.25) is 0 Å². The van der Waals surface area contributed by atoms with E-state index in [0.29, 0.717) is 36.5 Å². The van der Waals surface area contributed by atoms with Crippen LogP contribution in [-0.4, -0.2) is 81.8 Å². The highest BCUT2D eigenvalue weighted by atomic mass is 31.1. The van der Waals surface area contributed by atoms with Crippen LogP contribution in [0.15, 0.2) is 84.0 Å². The second-order valence-corrected chi connectivity index (χ2v) is 15.4. The summed E-state index contributed by atoms with van der Waals surface area (Å²) in [4.78, 5) is 52.1. The highest BCUT2D eigenvalue weighted by molar-refractivity contribution is 7.60. The molecule has 44 heavy (non-hydrogen) atoms. The molecule has 1 saturated heterocycles. The van der Waals surface area contributed by atoms with Crippen LogP contribution in [0, 0.1) is 0 Å². The zero-order valence-corrected chi connectivity index (χ0v) is 25.6. The molecule has 0 bridgehead atoms. The predicted octanol–water partition coefficient (Wildman–Crippen LogP) is 6.37. The number of carboxylic acids is 4. The van der Waals surface area contributed by atoms with Gasteiger partial charge in [0.2, 0.25) is 0 Å². The van der Waals surface area contributed by atoms with E-state index >= 15 is 0 Å². The van der Waals surface area contributed by atoms with Crippen molar-refractivity contribution in [3.05, 3.63) is 106 Å². The SMILES string of the molecule is O=C(O)c1cc(C(=O)O)cc(N2CP(CC3=CC=CC3)CN(c3cc(C(=O)O)cc(C(=O)O)c3)CP(CC3=CC=CC3)C2)c1. The molecule has 4 N–H and O–H groups in total. The Morgan fingerprint density at radius 2 is 0.864 bits per heavy atom. The summed E-state index contributed by atoms with van der Waals surface area (Å²) in [5.41, 5.74) is 3.24. The Bertz CT molecular complexity index is 1430. The molecule has 5 rings (SSSR count). The van der Waals surface area contributed by atoms with Crippen molar-refractivity contribution >= 4 is 51.1 Å². The monoisotopic (exact) mass is 634 g/mol. The summed E-state index contributed by atoms with van der Waals surface area (Å²) in [5.74, 6) is -4.80. The molecule has 2 aromatic carbocycles. The molecular formula is C32H32N2O8P2. The predicted molar refractivity (Wildman–Crippen MR) is 172 cm³/mol. The number of aromatic carboxylic acids is 4. The Morgan fingerprint density at radius 1 is 0.545 bits per heavy atom. The van der Waals surface area contributed by atoms with Crippen molar-refractivity contribution in [2.24, 2.45) is 0 Å². The smallest absolute Gasteiger partial charge is 0.335 e. The normalized spacial score (nSPS) is 19.7. The molecule has 0 spiro atoms. The van der Waals surface area contributed by atoms with Gasteiger partial charge in [-0.05, 0) is 61.6 Å². The molecule has 1 fully saturated rings. The first-order chi connectivity index (χ1) is 21.0. The van der Waals surface area contributed by atoms with Gasteiger partial charge in [-0.3, -0.25) is 0 Å². The zero-order chi connectivity index (χ0) is 31.4. The summed E-state index contributed by atoms with van der Waals surface area (Å²) < 4.78 is 0. The summed E-state index contributed by atoms with van der Waals surface area (Å²) in [5, 5.41) is 39.0. The van der Waals surface area contributed by atoms with Gasteiger partial charge in [-0.1, -0.05) is 63.4 Å². The third-order valence-corrected chi connectivity index (χ3v) is 12.3. The molecule has 12 heteroatoms. The molecule has 0 atom stereocenters. The van der Waals surface area contributed by atoms with Crippen molar-refractivity contribution in [2.75, 3.05) is 47.3 Å². The van der Waals surface area contributed by atoms with Gasteiger partial charge in [0.15, 0.2) is 0 Å². The molecule has 2 aliphatic carbocycles. The molecular weight excluding hydrogens is 602 g/mol. The van der Waals surface area contributed by atoms with Crippen LogP contribution < -0.4 is 9.80 Å². The molecule has 1 heterocycles. The van der Waals surface area contributed by atoms with Crippen molar-refractivity contribution in [3.8, 4) is 0 Å². The number of benzene rings is 2. The molecule has 2 aromatic rings. The van der Waals surface area contributed by atoms with E-state index in [2.05, 4.69) is 34.1 Å². The number of hydrogen-bond acceptors (Lipinski definition) is 6. The van der Waals surface area contributed by atoms with Crippen LogP contribution in [0.25, 0.3) is 0 Å². The number of anilines is 2. The first-order valence-electron chi connectivity index (χ1n) is 13.9. The molecule has 228 valence electrons. The lowest BCUT2D eigenvalue weighted by Crippen LogP contribution is -2.36. The maximum Gasteiger partial charge on any atom is 0.335 e. The van der Waals surface area contributed by atoms with Crippen LogP contribution in [0.3, 0.4) is 0 Å². The summed E-state index contributed by atoms with van der Waals surface area (Å²) in [6.45, 7) is 0. The fourth-order valence-electron chi connectivity index (χ4n) is 5.54. The first kappa shape index (κ1) is 31.2. The molecule has 0 unspecified atom stereocenters. The largest absolute Gasteiger partial charge is 0.478 e. The molecule has 0 radical (unpaired) electrons. The van der Waals surface area contributed by atoms with Gasteiger partial charge >= 0.3 is 23.9 Å². The van der Waals surface area contributed by atoms with Gasteiger partial charge in [-0.25, -0.2) is 19.2 Å². The number of allylic oxidation sites excluding steroid dienone is 8. The van der Waals surface area contributed by atoms with Gasteiger partial charge in [0.05, 0.1) is 22.3 Å². The van der Waals surface area contributed by atoms with Crippen molar-refractivity contribution < 1.29 is 39.6 Å². The summed E-state index contributed by atoms with van der Waals surface area (Å²) in [7, 11) is -1.70. The number of nitrogens with zero attached hydrogens (tertiary/aromatic N) is 2. The highest BCUT2D eigenvalue weighted by Crippen LogP contribution is 2.51. The fraction of sp³-hybridized carbons (Fsp3) is 0.250. The van der Waals surface area contributed by atoms with Crippen molar-refractivity contribution in [3.63, 3.8) is 0 Å². The first-order valence-corrected chi connectivity index (χ1v) is 17.7. The van der Waals surface area contributed by atoms with E-state index in [-0.39, 0.29) is 22.3 Å². The van der Waals surface area contributed by atoms with Crippen LogP contribution >= 0.6 is 15.8 Å². The van der Waals surface area contributed by atoms with Crippen molar-refractivity contribution in [1.29, 1.82) is 0 Å². The minimum atomic E-state index is -1.20. The molecule has 0 aromatic heterocycles. The number of carbonyl (C=O) groups is 4. The van der Waals surface area contributed by atoms with Gasteiger partial charge in [0, 0.05) is 36.5 Å². The Balaban J connectivity index is 1.57. The van der Waals surface area contributed by atoms with E-state index in [4.69, 9.17) is 0 Å². The summed E-state index contributed by atoms with van der Waals surface area (Å²) in [6.07, 6.45) is 17.8. The van der Waals surface area contributed by atoms with Crippen LogP contribution in [-0.2, 0) is 0 Å². The van der Waals surface area contributed by atoms with E-state index in [1.165, 1.54) is 47.5 Å². The Labute approximate surface area is 256 Å². The summed E-state index contributed by atoms with van der Waals surface area (Å²) >= 11 is 0. The topological polar surface area (TPSA) is 156 Å². The van der Waals surface area contributed by atoms with Crippen molar-refractivity contribution in [1.82, 2.24) is 0 Å². The second kappa shape index (κ2) is 13.6. The van der Waals surface area contributed by atoms with E-state index in [0.717, 1.165) is 25.2 Å². The third kappa shape index (κ3) is 7.62. The summed E-state index contributed by atoms with van der Waals surface area (Å²) in [6, 6.07) is 8.50. The fourth-order valence-corrected chi connectivity index (χ4v) is 11.0. The minimum absolute atomic E-state index is 0.0886. The number of rotatable bonds is 10. The molecule has 0 amide bonds. The maximum atomic E-state index is 12.0. The molecule has 10 nitrogen and oxygen atoms in total. The third-order valence-electron chi connectivity index (χ3n) is 7.59. The lowest BCUT2D eigenvalue weighted by Gasteiger charge is -2.42. The van der Waals surface area contributed by atoms with Gasteiger partial charge in [-0.2, -0.15) is 0 Å². The van der Waals surface area contributed by atoms with Gasteiger partial charge in [-0.15, -0.1) is 0 Å². The standard InChI is InChI=1S/C32H32N2O8P2/c35-29(36)23-9-24(30(37)38)12-27(11-23)33-17-43(15-21-5-1-2-6-21)18-34(20-44(19-33)16-22-7-3-4-8-22)28-13-25(31(39)40)10-26(14-28)32(41)42/h1-5,7,9-14H,6,8,15-20H2,(H,35,36)(H,37,38)(H,39,40)(H,41,42). The Hall–Kier alpha value is -4.26. The van der Waals surface area contributed by atoms with Crippen LogP contribution in [0.1, 0.15) is 54.3 Å². The molecule has 3 aliphatic rings. The van der Waals surface area contributed by atoms with Crippen LogP contribution in [0.4, 0.5) is 11.4 Å². The minimum Gasteiger partial charge on any atom is -0.478 e. The second-order valence-electron chi connectivity index (χ2n) is 11.0. The van der Waals surface area contributed by atoms with E-state index in [1.54, 1.807) is 0 Å². The van der Waals surface area contributed by atoms with Gasteiger partial charge in [0.1, 0.15) is 0 Å². The average Bonchev–Trinajstić information content (AvgIpc) is 3.69.